The van der Waals surface area contributed by atoms with Crippen molar-refractivity contribution in [1.82, 2.24) is 5.32 Å². The fourth-order valence-electron chi connectivity index (χ4n) is 1.65. The maximum atomic E-state index is 11.9. The first kappa shape index (κ1) is 12.4. The molecule has 0 fully saturated rings. The largest absolute Gasteiger partial charge is 0.482 e. The van der Waals surface area contributed by atoms with E-state index in [9.17, 15) is 9.59 Å². The van der Waals surface area contributed by atoms with Crippen LogP contribution >= 0.6 is 0 Å². The Morgan fingerprint density at radius 1 is 1.56 bits per heavy atom. The second kappa shape index (κ2) is 5.50. The van der Waals surface area contributed by atoms with Crippen molar-refractivity contribution >= 4 is 17.5 Å². The zero-order chi connectivity index (χ0) is 13.0. The van der Waals surface area contributed by atoms with E-state index in [1.807, 2.05) is 0 Å². The van der Waals surface area contributed by atoms with Gasteiger partial charge in [0, 0.05) is 13.7 Å². The molecule has 0 saturated carbocycles. The van der Waals surface area contributed by atoms with Gasteiger partial charge < -0.3 is 20.1 Å². The predicted molar refractivity (Wildman–Crippen MR) is 64.8 cm³/mol. The Hall–Kier alpha value is -2.08. The number of rotatable bonds is 4. The highest BCUT2D eigenvalue weighted by Crippen LogP contribution is 2.30. The summed E-state index contributed by atoms with van der Waals surface area (Å²) in [5.41, 5.74) is 0.806. The number of carbonyl (C=O) groups excluding carboxylic acids is 2. The standard InChI is InChI=1S/C12H14N2O4/c1-17-6-5-13-12(16)8-3-2-4-9-11(8)14-10(15)7-18-9/h2-4H,5-7H2,1H3,(H,13,16)(H,14,15). The molecule has 1 aliphatic heterocycles. The highest BCUT2D eigenvalue weighted by molar-refractivity contribution is 6.06. The molecule has 0 aromatic heterocycles. The van der Waals surface area contributed by atoms with Gasteiger partial charge in [0.1, 0.15) is 5.75 Å². The van der Waals surface area contributed by atoms with Crippen LogP contribution < -0.4 is 15.4 Å². The normalized spacial score (nSPS) is 13.3. The number of hydrogen-bond acceptors (Lipinski definition) is 4. The maximum absolute atomic E-state index is 11.9. The smallest absolute Gasteiger partial charge is 0.262 e. The Bertz CT molecular complexity index is 473. The lowest BCUT2D eigenvalue weighted by Crippen LogP contribution is -2.31. The summed E-state index contributed by atoms with van der Waals surface area (Å²) in [6, 6.07) is 5.05. The molecule has 18 heavy (non-hydrogen) atoms. The molecular weight excluding hydrogens is 236 g/mol. The zero-order valence-corrected chi connectivity index (χ0v) is 9.99. The van der Waals surface area contributed by atoms with Crippen molar-refractivity contribution in [3.05, 3.63) is 23.8 Å². The van der Waals surface area contributed by atoms with Gasteiger partial charge in [-0.2, -0.15) is 0 Å². The van der Waals surface area contributed by atoms with Crippen LogP contribution in [0.3, 0.4) is 0 Å². The van der Waals surface area contributed by atoms with Crippen LogP contribution in [0.15, 0.2) is 18.2 Å². The van der Waals surface area contributed by atoms with Gasteiger partial charge in [0.15, 0.2) is 6.61 Å². The molecule has 1 aliphatic rings. The molecule has 0 radical (unpaired) electrons. The van der Waals surface area contributed by atoms with E-state index in [0.29, 0.717) is 30.2 Å². The number of anilines is 1. The zero-order valence-electron chi connectivity index (χ0n) is 9.99. The molecule has 2 amide bonds. The van der Waals surface area contributed by atoms with E-state index in [2.05, 4.69) is 10.6 Å². The van der Waals surface area contributed by atoms with Gasteiger partial charge in [-0.15, -0.1) is 0 Å². The first-order valence-corrected chi connectivity index (χ1v) is 5.55. The molecule has 96 valence electrons. The summed E-state index contributed by atoms with van der Waals surface area (Å²) >= 11 is 0. The Balaban J connectivity index is 2.17. The highest BCUT2D eigenvalue weighted by Gasteiger charge is 2.21. The molecule has 1 heterocycles. The first-order valence-electron chi connectivity index (χ1n) is 5.55. The van der Waals surface area contributed by atoms with Gasteiger partial charge in [0.05, 0.1) is 17.9 Å². The van der Waals surface area contributed by atoms with Crippen molar-refractivity contribution in [3.63, 3.8) is 0 Å². The molecule has 1 aromatic rings. The molecule has 2 N–H and O–H groups in total. The quantitative estimate of drug-likeness (QED) is 0.758. The Labute approximate surface area is 104 Å². The maximum Gasteiger partial charge on any atom is 0.262 e. The van der Waals surface area contributed by atoms with Gasteiger partial charge in [0.25, 0.3) is 11.8 Å². The predicted octanol–water partition coefficient (Wildman–Crippen LogP) is 0.394. The SMILES string of the molecule is COCCNC(=O)c1cccc2c1NC(=O)CO2. The second-order valence-corrected chi connectivity index (χ2v) is 3.76. The van der Waals surface area contributed by atoms with Crippen molar-refractivity contribution < 1.29 is 19.1 Å². The Morgan fingerprint density at radius 2 is 2.39 bits per heavy atom. The minimum Gasteiger partial charge on any atom is -0.482 e. The Morgan fingerprint density at radius 3 is 3.17 bits per heavy atom. The average Bonchev–Trinajstić information content (AvgIpc) is 2.38. The minimum absolute atomic E-state index is 0.0260. The van der Waals surface area contributed by atoms with Gasteiger partial charge in [-0.05, 0) is 12.1 Å². The van der Waals surface area contributed by atoms with Crippen molar-refractivity contribution in [2.24, 2.45) is 0 Å². The van der Waals surface area contributed by atoms with Crippen molar-refractivity contribution in [1.29, 1.82) is 0 Å². The molecular formula is C12H14N2O4. The molecule has 0 aliphatic carbocycles. The minimum atomic E-state index is -0.269. The topological polar surface area (TPSA) is 76.7 Å². The summed E-state index contributed by atoms with van der Waals surface area (Å²) in [5, 5.41) is 5.34. The van der Waals surface area contributed by atoms with E-state index in [0.717, 1.165) is 0 Å². The van der Waals surface area contributed by atoms with Crippen LogP contribution in [0.5, 0.6) is 5.75 Å². The molecule has 2 rings (SSSR count). The van der Waals surface area contributed by atoms with Gasteiger partial charge in [-0.1, -0.05) is 6.07 Å². The van der Waals surface area contributed by atoms with Gasteiger partial charge in [-0.3, -0.25) is 9.59 Å². The van der Waals surface area contributed by atoms with E-state index in [1.165, 1.54) is 0 Å². The molecule has 1 aromatic carbocycles. The fraction of sp³-hybridized carbons (Fsp3) is 0.333. The number of fused-ring (bicyclic) bond motifs is 1. The number of amides is 2. The highest BCUT2D eigenvalue weighted by atomic mass is 16.5. The van der Waals surface area contributed by atoms with Crippen LogP contribution in [0.4, 0.5) is 5.69 Å². The number of hydrogen-bond donors (Lipinski definition) is 2. The van der Waals surface area contributed by atoms with Crippen molar-refractivity contribution in [2.45, 2.75) is 0 Å². The summed E-state index contributed by atoms with van der Waals surface area (Å²) < 4.78 is 10.1. The molecule has 6 heteroatoms. The van der Waals surface area contributed by atoms with E-state index in [1.54, 1.807) is 25.3 Å². The van der Waals surface area contributed by atoms with Crippen LogP contribution in [0.25, 0.3) is 0 Å². The number of carbonyl (C=O) groups is 2. The number of para-hydroxylation sites is 1. The number of benzene rings is 1. The van der Waals surface area contributed by atoms with E-state index >= 15 is 0 Å². The number of methoxy groups -OCH3 is 1. The lowest BCUT2D eigenvalue weighted by Gasteiger charge is -2.20. The van der Waals surface area contributed by atoms with E-state index < -0.39 is 0 Å². The number of nitrogens with one attached hydrogen (secondary N) is 2. The molecule has 0 unspecified atom stereocenters. The van der Waals surface area contributed by atoms with E-state index in [4.69, 9.17) is 9.47 Å². The lowest BCUT2D eigenvalue weighted by molar-refractivity contribution is -0.118. The van der Waals surface area contributed by atoms with Crippen LogP contribution in [-0.4, -0.2) is 38.7 Å². The fourth-order valence-corrected chi connectivity index (χ4v) is 1.65. The van der Waals surface area contributed by atoms with Crippen molar-refractivity contribution in [3.8, 4) is 5.75 Å². The monoisotopic (exact) mass is 250 g/mol. The van der Waals surface area contributed by atoms with Crippen LogP contribution in [-0.2, 0) is 9.53 Å². The van der Waals surface area contributed by atoms with Crippen LogP contribution in [0.2, 0.25) is 0 Å². The van der Waals surface area contributed by atoms with Gasteiger partial charge >= 0.3 is 0 Å². The van der Waals surface area contributed by atoms with Crippen LogP contribution in [0, 0.1) is 0 Å². The Kier molecular flexibility index (Phi) is 3.78. The molecule has 0 spiro atoms. The van der Waals surface area contributed by atoms with Crippen LogP contribution in [0.1, 0.15) is 10.4 Å². The third kappa shape index (κ3) is 2.60. The summed E-state index contributed by atoms with van der Waals surface area (Å²) in [7, 11) is 1.56. The molecule has 0 atom stereocenters. The average molecular weight is 250 g/mol. The van der Waals surface area contributed by atoms with Gasteiger partial charge in [-0.25, -0.2) is 0 Å². The summed E-state index contributed by atoms with van der Waals surface area (Å²) in [5.74, 6) is -0.0247. The van der Waals surface area contributed by atoms with E-state index in [-0.39, 0.29) is 18.4 Å². The lowest BCUT2D eigenvalue weighted by atomic mass is 10.1. The third-order valence-electron chi connectivity index (χ3n) is 2.49. The summed E-state index contributed by atoms with van der Waals surface area (Å²) in [6.45, 7) is 0.819. The summed E-state index contributed by atoms with van der Waals surface area (Å²) in [4.78, 5) is 23.2. The molecule has 0 bridgehead atoms. The molecule has 0 saturated heterocycles. The summed E-state index contributed by atoms with van der Waals surface area (Å²) in [6.07, 6.45) is 0. The first-order chi connectivity index (χ1) is 8.72. The second-order valence-electron chi connectivity index (χ2n) is 3.76. The molecule has 6 nitrogen and oxygen atoms in total. The number of ether oxygens (including phenoxy) is 2. The van der Waals surface area contributed by atoms with Gasteiger partial charge in [0.2, 0.25) is 0 Å². The van der Waals surface area contributed by atoms with Crippen molar-refractivity contribution in [2.75, 3.05) is 32.2 Å². The third-order valence-corrected chi connectivity index (χ3v) is 2.49.